The van der Waals surface area contributed by atoms with Crippen LogP contribution in [-0.2, 0) is 0 Å². The lowest BCUT2D eigenvalue weighted by Crippen LogP contribution is -2.09. The molecule has 0 rings (SSSR count). The van der Waals surface area contributed by atoms with Crippen LogP contribution in [0.4, 0.5) is 0 Å². The predicted molar refractivity (Wildman–Crippen MR) is 66.6 cm³/mol. The maximum atomic E-state index is 2.35. The first-order valence-electron chi connectivity index (χ1n) is 6.49. The van der Waals surface area contributed by atoms with Crippen LogP contribution in [0.15, 0.2) is 0 Å². The van der Waals surface area contributed by atoms with Crippen LogP contribution in [-0.4, -0.2) is 0 Å². The zero-order chi connectivity index (χ0) is 11.0. The SMILES string of the molecule is CCCCCC(CC)CCC(C)(C)C. The highest BCUT2D eigenvalue weighted by Crippen LogP contribution is 2.27. The van der Waals surface area contributed by atoms with E-state index in [0.29, 0.717) is 5.41 Å². The molecule has 0 bridgehead atoms. The molecule has 0 aromatic rings. The zero-order valence-corrected chi connectivity index (χ0v) is 11.0. The molecule has 0 nitrogen and oxygen atoms in total. The molecule has 0 aliphatic rings. The molecule has 0 aromatic heterocycles. The van der Waals surface area contributed by atoms with Gasteiger partial charge in [-0.3, -0.25) is 0 Å². The number of rotatable bonds is 7. The van der Waals surface area contributed by atoms with Crippen LogP contribution < -0.4 is 0 Å². The van der Waals surface area contributed by atoms with E-state index in [1.54, 1.807) is 0 Å². The van der Waals surface area contributed by atoms with E-state index in [-0.39, 0.29) is 0 Å². The molecule has 0 heterocycles. The fraction of sp³-hybridized carbons (Fsp3) is 1.00. The third-order valence-electron chi connectivity index (χ3n) is 3.10. The van der Waals surface area contributed by atoms with Crippen LogP contribution in [0, 0.1) is 11.3 Å². The Kier molecular flexibility index (Phi) is 7.31. The third kappa shape index (κ3) is 8.59. The van der Waals surface area contributed by atoms with Crippen LogP contribution in [0.3, 0.4) is 0 Å². The fourth-order valence-corrected chi connectivity index (χ4v) is 1.87. The van der Waals surface area contributed by atoms with E-state index in [9.17, 15) is 0 Å². The molecule has 0 aromatic carbocycles. The highest BCUT2D eigenvalue weighted by atomic mass is 14.2. The second kappa shape index (κ2) is 7.31. The van der Waals surface area contributed by atoms with Crippen molar-refractivity contribution >= 4 is 0 Å². The minimum absolute atomic E-state index is 0.526. The summed E-state index contributed by atoms with van der Waals surface area (Å²) >= 11 is 0. The molecule has 0 heteroatoms. The first-order valence-corrected chi connectivity index (χ1v) is 6.49. The molecule has 0 radical (unpaired) electrons. The summed E-state index contributed by atoms with van der Waals surface area (Å²) in [5.74, 6) is 0.987. The lowest BCUT2D eigenvalue weighted by molar-refractivity contribution is 0.304. The van der Waals surface area contributed by atoms with Crippen molar-refractivity contribution in [3.63, 3.8) is 0 Å². The number of hydrogen-bond donors (Lipinski definition) is 0. The molecule has 14 heavy (non-hydrogen) atoms. The highest BCUT2D eigenvalue weighted by Gasteiger charge is 2.13. The Morgan fingerprint density at radius 3 is 2.00 bits per heavy atom. The van der Waals surface area contributed by atoms with E-state index in [1.165, 1.54) is 44.9 Å². The monoisotopic (exact) mass is 198 g/mol. The average molecular weight is 198 g/mol. The minimum Gasteiger partial charge on any atom is -0.0654 e. The van der Waals surface area contributed by atoms with Gasteiger partial charge in [-0.25, -0.2) is 0 Å². The van der Waals surface area contributed by atoms with Crippen LogP contribution >= 0.6 is 0 Å². The van der Waals surface area contributed by atoms with E-state index >= 15 is 0 Å². The molecule has 0 N–H and O–H groups in total. The Bertz CT molecular complexity index is 118. The summed E-state index contributed by atoms with van der Waals surface area (Å²) in [6.45, 7) is 11.7. The normalized spacial score (nSPS) is 14.4. The van der Waals surface area contributed by atoms with Crippen molar-refractivity contribution in [3.05, 3.63) is 0 Å². The molecule has 0 spiro atoms. The second-order valence-electron chi connectivity index (χ2n) is 5.87. The maximum absolute atomic E-state index is 2.35. The van der Waals surface area contributed by atoms with Crippen molar-refractivity contribution in [2.24, 2.45) is 11.3 Å². The van der Waals surface area contributed by atoms with Crippen LogP contribution in [0.1, 0.15) is 79.6 Å². The van der Waals surface area contributed by atoms with Crippen LogP contribution in [0.5, 0.6) is 0 Å². The lowest BCUT2D eigenvalue weighted by atomic mass is 9.84. The molecule has 0 saturated carbocycles. The summed E-state index contributed by atoms with van der Waals surface area (Å²) in [5.41, 5.74) is 0.526. The molecular formula is C14H30. The van der Waals surface area contributed by atoms with Crippen LogP contribution in [0.25, 0.3) is 0 Å². The summed E-state index contributed by atoms with van der Waals surface area (Å²) in [4.78, 5) is 0. The van der Waals surface area contributed by atoms with Crippen molar-refractivity contribution in [1.82, 2.24) is 0 Å². The smallest absolute Gasteiger partial charge is 0.0383 e. The quantitative estimate of drug-likeness (QED) is 0.479. The van der Waals surface area contributed by atoms with Crippen molar-refractivity contribution in [1.29, 1.82) is 0 Å². The standard InChI is InChI=1S/C14H30/c1-6-8-9-10-13(7-2)11-12-14(3,4)5/h13H,6-12H2,1-5H3. The molecule has 0 aliphatic carbocycles. The van der Waals surface area contributed by atoms with Gasteiger partial charge in [0.15, 0.2) is 0 Å². The van der Waals surface area contributed by atoms with Gasteiger partial charge >= 0.3 is 0 Å². The minimum atomic E-state index is 0.526. The molecule has 1 atom stereocenters. The van der Waals surface area contributed by atoms with Gasteiger partial charge in [-0.05, 0) is 24.2 Å². The molecule has 0 aliphatic heterocycles. The van der Waals surface area contributed by atoms with Gasteiger partial charge in [0.25, 0.3) is 0 Å². The van der Waals surface area contributed by atoms with Gasteiger partial charge in [-0.15, -0.1) is 0 Å². The topological polar surface area (TPSA) is 0 Å². The van der Waals surface area contributed by atoms with E-state index in [4.69, 9.17) is 0 Å². The molecule has 0 saturated heterocycles. The maximum Gasteiger partial charge on any atom is -0.0383 e. The average Bonchev–Trinajstić information content (AvgIpc) is 2.09. The van der Waals surface area contributed by atoms with Crippen molar-refractivity contribution < 1.29 is 0 Å². The predicted octanol–water partition coefficient (Wildman–Crippen LogP) is 5.42. The first kappa shape index (κ1) is 14.0. The Labute approximate surface area is 91.5 Å². The van der Waals surface area contributed by atoms with Crippen LogP contribution in [0.2, 0.25) is 0 Å². The molecule has 0 amide bonds. The molecule has 86 valence electrons. The summed E-state index contributed by atoms with van der Waals surface area (Å²) in [6.07, 6.45) is 9.88. The summed E-state index contributed by atoms with van der Waals surface area (Å²) in [7, 11) is 0. The second-order valence-corrected chi connectivity index (χ2v) is 5.87. The largest absolute Gasteiger partial charge is 0.0654 e. The van der Waals surface area contributed by atoms with Gasteiger partial charge in [0, 0.05) is 0 Å². The van der Waals surface area contributed by atoms with Crippen molar-refractivity contribution in [3.8, 4) is 0 Å². The van der Waals surface area contributed by atoms with Gasteiger partial charge in [-0.2, -0.15) is 0 Å². The molecule has 0 fully saturated rings. The van der Waals surface area contributed by atoms with Crippen molar-refractivity contribution in [2.45, 2.75) is 79.6 Å². The lowest BCUT2D eigenvalue weighted by Gasteiger charge is -2.22. The Hall–Kier alpha value is 0. The van der Waals surface area contributed by atoms with E-state index < -0.39 is 0 Å². The van der Waals surface area contributed by atoms with E-state index in [0.717, 1.165) is 5.92 Å². The Morgan fingerprint density at radius 1 is 0.929 bits per heavy atom. The van der Waals surface area contributed by atoms with Crippen molar-refractivity contribution in [2.75, 3.05) is 0 Å². The number of hydrogen-bond acceptors (Lipinski definition) is 0. The highest BCUT2D eigenvalue weighted by molar-refractivity contribution is 4.66. The summed E-state index contributed by atoms with van der Waals surface area (Å²) in [5, 5.41) is 0. The number of unbranched alkanes of at least 4 members (excludes halogenated alkanes) is 2. The van der Waals surface area contributed by atoms with E-state index in [1.807, 2.05) is 0 Å². The van der Waals surface area contributed by atoms with Gasteiger partial charge in [0.2, 0.25) is 0 Å². The molecule has 1 unspecified atom stereocenters. The molecular weight excluding hydrogens is 168 g/mol. The van der Waals surface area contributed by atoms with Gasteiger partial charge in [0.1, 0.15) is 0 Å². The summed E-state index contributed by atoms with van der Waals surface area (Å²) < 4.78 is 0. The fourth-order valence-electron chi connectivity index (χ4n) is 1.87. The van der Waals surface area contributed by atoms with E-state index in [2.05, 4.69) is 34.6 Å². The zero-order valence-electron chi connectivity index (χ0n) is 11.0. The Balaban J connectivity index is 3.58. The van der Waals surface area contributed by atoms with Gasteiger partial charge < -0.3 is 0 Å². The summed E-state index contributed by atoms with van der Waals surface area (Å²) in [6, 6.07) is 0. The van der Waals surface area contributed by atoms with Gasteiger partial charge in [0.05, 0.1) is 0 Å². The van der Waals surface area contributed by atoms with Gasteiger partial charge in [-0.1, -0.05) is 66.7 Å². The first-order chi connectivity index (χ1) is 6.49. The Morgan fingerprint density at radius 2 is 1.57 bits per heavy atom. The third-order valence-corrected chi connectivity index (χ3v) is 3.10.